The standard InChI is InChI=1S/C13H17N3O2/c1-8-6-12(18)16-13(14-8)10-4-3-5-11(7-10)15-9(2)17/h3-5,7-8,13-14H,6H2,1-2H3,(H,15,17)(H,16,18). The van der Waals surface area contributed by atoms with Crippen LogP contribution in [0.1, 0.15) is 32.0 Å². The number of carbonyl (C=O) groups excluding carboxylic acids is 2. The lowest BCUT2D eigenvalue weighted by Crippen LogP contribution is -2.49. The number of benzene rings is 1. The van der Waals surface area contributed by atoms with Crippen LogP contribution in [-0.4, -0.2) is 17.9 Å². The van der Waals surface area contributed by atoms with E-state index in [1.807, 2.05) is 31.2 Å². The van der Waals surface area contributed by atoms with Gasteiger partial charge in [0.1, 0.15) is 6.17 Å². The number of hydrogen-bond donors (Lipinski definition) is 3. The van der Waals surface area contributed by atoms with Crippen molar-refractivity contribution >= 4 is 17.5 Å². The van der Waals surface area contributed by atoms with Crippen LogP contribution in [0.3, 0.4) is 0 Å². The minimum absolute atomic E-state index is 0.0381. The van der Waals surface area contributed by atoms with E-state index in [1.54, 1.807) is 0 Å². The summed E-state index contributed by atoms with van der Waals surface area (Å²) in [6.07, 6.45) is 0.289. The van der Waals surface area contributed by atoms with Crippen LogP contribution < -0.4 is 16.0 Å². The van der Waals surface area contributed by atoms with Crippen LogP contribution in [0, 0.1) is 0 Å². The first kappa shape index (κ1) is 12.6. The topological polar surface area (TPSA) is 70.2 Å². The van der Waals surface area contributed by atoms with Gasteiger partial charge >= 0.3 is 0 Å². The molecule has 0 spiro atoms. The van der Waals surface area contributed by atoms with Gasteiger partial charge in [0, 0.05) is 25.1 Å². The summed E-state index contributed by atoms with van der Waals surface area (Å²) in [5.74, 6) is -0.0719. The molecular formula is C13H17N3O2. The Morgan fingerprint density at radius 1 is 1.44 bits per heavy atom. The Balaban J connectivity index is 2.17. The number of amides is 2. The molecule has 5 nitrogen and oxygen atoms in total. The molecule has 1 saturated heterocycles. The van der Waals surface area contributed by atoms with E-state index >= 15 is 0 Å². The van der Waals surface area contributed by atoms with Crippen LogP contribution >= 0.6 is 0 Å². The van der Waals surface area contributed by atoms with Gasteiger partial charge in [0.05, 0.1) is 0 Å². The minimum atomic E-state index is -0.199. The summed E-state index contributed by atoms with van der Waals surface area (Å²) in [6, 6.07) is 7.60. The van der Waals surface area contributed by atoms with Crippen LogP contribution in [-0.2, 0) is 9.59 Å². The first-order chi connectivity index (χ1) is 8.54. The van der Waals surface area contributed by atoms with Crippen LogP contribution in [0.15, 0.2) is 24.3 Å². The Bertz CT molecular complexity index is 473. The van der Waals surface area contributed by atoms with E-state index in [9.17, 15) is 9.59 Å². The first-order valence-electron chi connectivity index (χ1n) is 5.97. The van der Waals surface area contributed by atoms with E-state index in [0.29, 0.717) is 6.42 Å². The van der Waals surface area contributed by atoms with Crippen LogP contribution in [0.25, 0.3) is 0 Å². The van der Waals surface area contributed by atoms with E-state index in [4.69, 9.17) is 0 Å². The van der Waals surface area contributed by atoms with Crippen molar-refractivity contribution in [3.8, 4) is 0 Å². The largest absolute Gasteiger partial charge is 0.337 e. The summed E-state index contributed by atoms with van der Waals surface area (Å²) in [7, 11) is 0. The highest BCUT2D eigenvalue weighted by Crippen LogP contribution is 2.19. The van der Waals surface area contributed by atoms with E-state index < -0.39 is 0 Å². The van der Waals surface area contributed by atoms with Gasteiger partial charge < -0.3 is 10.6 Å². The fourth-order valence-corrected chi connectivity index (χ4v) is 2.06. The van der Waals surface area contributed by atoms with Gasteiger partial charge in [-0.1, -0.05) is 12.1 Å². The quantitative estimate of drug-likeness (QED) is 0.734. The predicted octanol–water partition coefficient (Wildman–Crippen LogP) is 1.14. The van der Waals surface area contributed by atoms with Crippen molar-refractivity contribution in [2.45, 2.75) is 32.5 Å². The summed E-state index contributed by atoms with van der Waals surface area (Å²) in [5, 5.41) is 8.91. The number of carbonyl (C=O) groups is 2. The smallest absolute Gasteiger partial charge is 0.223 e. The molecule has 2 amide bonds. The summed E-state index contributed by atoms with van der Waals surface area (Å²) in [4.78, 5) is 22.5. The molecule has 2 rings (SSSR count). The van der Waals surface area contributed by atoms with Crippen LogP contribution in [0.5, 0.6) is 0 Å². The summed E-state index contributed by atoms with van der Waals surface area (Å²) >= 11 is 0. The average Bonchev–Trinajstić information content (AvgIpc) is 2.27. The molecule has 0 radical (unpaired) electrons. The third-order valence-electron chi connectivity index (χ3n) is 2.79. The van der Waals surface area contributed by atoms with E-state index in [0.717, 1.165) is 11.3 Å². The molecule has 96 valence electrons. The van der Waals surface area contributed by atoms with Gasteiger partial charge in [0.25, 0.3) is 0 Å². The molecule has 1 fully saturated rings. The monoisotopic (exact) mass is 247 g/mol. The SMILES string of the molecule is CC(=O)Nc1cccc(C2NC(=O)CC(C)N2)c1. The van der Waals surface area contributed by atoms with Gasteiger partial charge in [0.2, 0.25) is 11.8 Å². The zero-order valence-electron chi connectivity index (χ0n) is 10.5. The Hall–Kier alpha value is -1.88. The summed E-state index contributed by atoms with van der Waals surface area (Å²) < 4.78 is 0. The number of anilines is 1. The van der Waals surface area contributed by atoms with Gasteiger partial charge in [-0.3, -0.25) is 14.9 Å². The summed E-state index contributed by atoms with van der Waals surface area (Å²) in [6.45, 7) is 3.44. The van der Waals surface area contributed by atoms with Crippen molar-refractivity contribution in [1.82, 2.24) is 10.6 Å². The predicted molar refractivity (Wildman–Crippen MR) is 68.8 cm³/mol. The Morgan fingerprint density at radius 2 is 2.22 bits per heavy atom. The molecule has 0 bridgehead atoms. The van der Waals surface area contributed by atoms with Crippen molar-refractivity contribution in [3.63, 3.8) is 0 Å². The molecule has 0 aliphatic carbocycles. The average molecular weight is 247 g/mol. The fourth-order valence-electron chi connectivity index (χ4n) is 2.06. The highest BCUT2D eigenvalue weighted by Gasteiger charge is 2.23. The van der Waals surface area contributed by atoms with E-state index in [2.05, 4.69) is 16.0 Å². The second-order valence-corrected chi connectivity index (χ2v) is 4.58. The Kier molecular flexibility index (Phi) is 3.62. The zero-order chi connectivity index (χ0) is 13.1. The summed E-state index contributed by atoms with van der Waals surface area (Å²) in [5.41, 5.74) is 1.66. The molecule has 5 heteroatoms. The van der Waals surface area contributed by atoms with Crippen molar-refractivity contribution in [1.29, 1.82) is 0 Å². The number of rotatable bonds is 2. The highest BCUT2D eigenvalue weighted by molar-refractivity contribution is 5.88. The van der Waals surface area contributed by atoms with Crippen molar-refractivity contribution in [3.05, 3.63) is 29.8 Å². The Labute approximate surface area is 106 Å². The van der Waals surface area contributed by atoms with Gasteiger partial charge in [-0.05, 0) is 24.6 Å². The molecule has 18 heavy (non-hydrogen) atoms. The Morgan fingerprint density at radius 3 is 2.89 bits per heavy atom. The molecule has 1 aliphatic heterocycles. The van der Waals surface area contributed by atoms with Gasteiger partial charge in [-0.25, -0.2) is 0 Å². The van der Waals surface area contributed by atoms with Crippen LogP contribution in [0.2, 0.25) is 0 Å². The van der Waals surface area contributed by atoms with E-state index in [1.165, 1.54) is 6.92 Å². The maximum Gasteiger partial charge on any atom is 0.223 e. The maximum absolute atomic E-state index is 11.5. The first-order valence-corrected chi connectivity index (χ1v) is 5.97. The molecule has 1 heterocycles. The number of nitrogens with one attached hydrogen (secondary N) is 3. The van der Waals surface area contributed by atoms with Crippen molar-refractivity contribution in [2.24, 2.45) is 0 Å². The molecule has 1 aliphatic rings. The lowest BCUT2D eigenvalue weighted by Gasteiger charge is -2.30. The zero-order valence-corrected chi connectivity index (χ0v) is 10.5. The minimum Gasteiger partial charge on any atom is -0.337 e. The van der Waals surface area contributed by atoms with Crippen LogP contribution in [0.4, 0.5) is 5.69 Å². The number of hydrogen-bond acceptors (Lipinski definition) is 3. The molecule has 1 aromatic rings. The third kappa shape index (κ3) is 3.07. The third-order valence-corrected chi connectivity index (χ3v) is 2.79. The van der Waals surface area contributed by atoms with Crippen molar-refractivity contribution in [2.75, 3.05) is 5.32 Å². The second-order valence-electron chi connectivity index (χ2n) is 4.58. The lowest BCUT2D eigenvalue weighted by molar-refractivity contribution is -0.124. The normalized spacial score (nSPS) is 23.3. The van der Waals surface area contributed by atoms with Crippen molar-refractivity contribution < 1.29 is 9.59 Å². The maximum atomic E-state index is 11.5. The van der Waals surface area contributed by atoms with E-state index in [-0.39, 0.29) is 24.0 Å². The van der Waals surface area contributed by atoms with Gasteiger partial charge in [0.15, 0.2) is 0 Å². The molecular weight excluding hydrogens is 230 g/mol. The lowest BCUT2D eigenvalue weighted by atomic mass is 10.1. The fraction of sp³-hybridized carbons (Fsp3) is 0.385. The highest BCUT2D eigenvalue weighted by atomic mass is 16.2. The molecule has 2 atom stereocenters. The molecule has 1 aromatic carbocycles. The molecule has 0 aromatic heterocycles. The molecule has 0 saturated carbocycles. The molecule has 2 unspecified atom stereocenters. The second kappa shape index (κ2) is 5.18. The van der Waals surface area contributed by atoms with Gasteiger partial charge in [-0.15, -0.1) is 0 Å². The molecule has 3 N–H and O–H groups in total. The van der Waals surface area contributed by atoms with Gasteiger partial charge in [-0.2, -0.15) is 0 Å².